The number of hydrogen-bond donors (Lipinski definition) is 0. The lowest BCUT2D eigenvalue weighted by Gasteiger charge is -2.09. The fourth-order valence-electron chi connectivity index (χ4n) is 2.85. The first-order chi connectivity index (χ1) is 12.2. The zero-order valence-electron chi connectivity index (χ0n) is 13.6. The standard InChI is InChI=1S/C21H15ClN2O/c1-25-18-6-2-4-14(10-18)15-7-8-16-12-20(17-5-3-9-23-13-17)24-21(22)19(16)11-15/h2-13H,1H3. The molecule has 0 unspecified atom stereocenters. The van der Waals surface area contributed by atoms with Crippen molar-refractivity contribution in [1.82, 2.24) is 9.97 Å². The molecule has 3 nitrogen and oxygen atoms in total. The average molecular weight is 347 g/mol. The number of rotatable bonds is 3. The van der Waals surface area contributed by atoms with Gasteiger partial charge in [0.2, 0.25) is 0 Å². The fraction of sp³-hybridized carbons (Fsp3) is 0.0476. The molecule has 0 saturated heterocycles. The third-order valence-corrected chi connectivity index (χ3v) is 4.43. The van der Waals surface area contributed by atoms with Crippen molar-refractivity contribution < 1.29 is 4.74 Å². The van der Waals surface area contributed by atoms with Crippen LogP contribution in [0, 0.1) is 0 Å². The molecule has 4 aromatic rings. The second-order valence-corrected chi connectivity index (χ2v) is 6.07. The topological polar surface area (TPSA) is 35.0 Å². The Balaban J connectivity index is 1.83. The Labute approximate surface area is 150 Å². The van der Waals surface area contributed by atoms with Gasteiger partial charge in [0, 0.05) is 23.3 Å². The second-order valence-electron chi connectivity index (χ2n) is 5.71. The van der Waals surface area contributed by atoms with E-state index in [0.717, 1.165) is 38.9 Å². The zero-order valence-corrected chi connectivity index (χ0v) is 14.4. The van der Waals surface area contributed by atoms with Crippen LogP contribution in [-0.2, 0) is 0 Å². The van der Waals surface area contributed by atoms with Crippen molar-refractivity contribution in [2.75, 3.05) is 7.11 Å². The van der Waals surface area contributed by atoms with Crippen LogP contribution in [0.5, 0.6) is 5.75 Å². The number of nitrogens with zero attached hydrogens (tertiary/aromatic N) is 2. The van der Waals surface area contributed by atoms with Gasteiger partial charge >= 0.3 is 0 Å². The normalized spacial score (nSPS) is 10.8. The first-order valence-corrected chi connectivity index (χ1v) is 8.27. The Morgan fingerprint density at radius 2 is 1.72 bits per heavy atom. The average Bonchev–Trinajstić information content (AvgIpc) is 2.68. The Hall–Kier alpha value is -2.91. The van der Waals surface area contributed by atoms with E-state index in [2.05, 4.69) is 34.2 Å². The molecule has 0 spiro atoms. The first kappa shape index (κ1) is 15.6. The molecule has 0 radical (unpaired) electrons. The van der Waals surface area contributed by atoms with Crippen LogP contribution in [0.15, 0.2) is 73.1 Å². The maximum absolute atomic E-state index is 6.47. The van der Waals surface area contributed by atoms with Crippen molar-refractivity contribution in [2.45, 2.75) is 0 Å². The Morgan fingerprint density at radius 1 is 0.880 bits per heavy atom. The molecular weight excluding hydrogens is 332 g/mol. The number of methoxy groups -OCH3 is 1. The van der Waals surface area contributed by atoms with Gasteiger partial charge in [-0.15, -0.1) is 0 Å². The van der Waals surface area contributed by atoms with E-state index in [1.165, 1.54) is 0 Å². The number of hydrogen-bond acceptors (Lipinski definition) is 3. The van der Waals surface area contributed by atoms with Gasteiger partial charge in [0.1, 0.15) is 10.9 Å². The van der Waals surface area contributed by atoms with Crippen LogP contribution in [0.2, 0.25) is 5.15 Å². The van der Waals surface area contributed by atoms with Gasteiger partial charge in [-0.1, -0.05) is 35.9 Å². The van der Waals surface area contributed by atoms with Crippen molar-refractivity contribution in [2.24, 2.45) is 0 Å². The molecule has 0 amide bonds. The number of aromatic nitrogens is 2. The molecule has 0 aliphatic heterocycles. The molecule has 0 N–H and O–H groups in total. The summed E-state index contributed by atoms with van der Waals surface area (Å²) in [5.74, 6) is 0.828. The zero-order chi connectivity index (χ0) is 17.2. The van der Waals surface area contributed by atoms with Crippen molar-refractivity contribution in [3.8, 4) is 28.1 Å². The largest absolute Gasteiger partial charge is 0.497 e. The molecule has 4 heteroatoms. The van der Waals surface area contributed by atoms with Gasteiger partial charge in [0.25, 0.3) is 0 Å². The van der Waals surface area contributed by atoms with E-state index >= 15 is 0 Å². The third-order valence-electron chi connectivity index (χ3n) is 4.15. The van der Waals surface area contributed by atoms with Crippen LogP contribution >= 0.6 is 11.6 Å². The van der Waals surface area contributed by atoms with Crippen molar-refractivity contribution in [3.05, 3.63) is 78.2 Å². The lowest BCUT2D eigenvalue weighted by Crippen LogP contribution is -1.88. The van der Waals surface area contributed by atoms with Gasteiger partial charge in [-0.3, -0.25) is 4.98 Å². The first-order valence-electron chi connectivity index (χ1n) is 7.90. The number of halogens is 1. The molecule has 2 aromatic carbocycles. The maximum atomic E-state index is 6.47. The van der Waals surface area contributed by atoms with Gasteiger partial charge < -0.3 is 4.74 Å². The highest BCUT2D eigenvalue weighted by Crippen LogP contribution is 2.32. The molecule has 0 fully saturated rings. The third kappa shape index (κ3) is 3.06. The molecule has 2 aromatic heterocycles. The molecule has 4 rings (SSSR count). The van der Waals surface area contributed by atoms with Crippen molar-refractivity contribution in [3.63, 3.8) is 0 Å². The van der Waals surface area contributed by atoms with Gasteiger partial charge in [0.15, 0.2) is 0 Å². The molecular formula is C21H15ClN2O. The number of pyridine rings is 2. The molecule has 0 aliphatic rings. The van der Waals surface area contributed by atoms with Gasteiger partial charge in [0.05, 0.1) is 12.8 Å². The van der Waals surface area contributed by atoms with Crippen LogP contribution < -0.4 is 4.74 Å². The smallest absolute Gasteiger partial charge is 0.137 e. The molecule has 0 atom stereocenters. The highest BCUT2D eigenvalue weighted by Gasteiger charge is 2.08. The highest BCUT2D eigenvalue weighted by atomic mass is 35.5. The van der Waals surface area contributed by atoms with E-state index in [1.807, 2.05) is 36.4 Å². The molecule has 2 heterocycles. The van der Waals surface area contributed by atoms with Crippen LogP contribution in [-0.4, -0.2) is 17.1 Å². The Kier molecular flexibility index (Phi) is 4.08. The van der Waals surface area contributed by atoms with Crippen LogP contribution in [0.3, 0.4) is 0 Å². The van der Waals surface area contributed by atoms with Crippen molar-refractivity contribution >= 4 is 22.4 Å². The van der Waals surface area contributed by atoms with Gasteiger partial charge in [-0.2, -0.15) is 0 Å². The quantitative estimate of drug-likeness (QED) is 0.451. The van der Waals surface area contributed by atoms with E-state index in [9.17, 15) is 0 Å². The van der Waals surface area contributed by atoms with E-state index < -0.39 is 0 Å². The number of ether oxygens (including phenoxy) is 1. The summed E-state index contributed by atoms with van der Waals surface area (Å²) in [6, 6.07) is 20.1. The van der Waals surface area contributed by atoms with E-state index in [1.54, 1.807) is 19.5 Å². The number of benzene rings is 2. The van der Waals surface area contributed by atoms with Gasteiger partial charge in [-0.25, -0.2) is 4.98 Å². The summed E-state index contributed by atoms with van der Waals surface area (Å²) in [6.45, 7) is 0. The van der Waals surface area contributed by atoms with E-state index in [4.69, 9.17) is 16.3 Å². The summed E-state index contributed by atoms with van der Waals surface area (Å²) in [4.78, 5) is 8.69. The molecule has 122 valence electrons. The predicted octanol–water partition coefficient (Wildman–Crippen LogP) is 5.63. The van der Waals surface area contributed by atoms with E-state index in [-0.39, 0.29) is 0 Å². The summed E-state index contributed by atoms with van der Waals surface area (Å²) < 4.78 is 5.31. The van der Waals surface area contributed by atoms with Crippen LogP contribution in [0.25, 0.3) is 33.2 Å². The monoisotopic (exact) mass is 346 g/mol. The second kappa shape index (κ2) is 6.54. The highest BCUT2D eigenvalue weighted by molar-refractivity contribution is 6.34. The Bertz CT molecular complexity index is 1050. The maximum Gasteiger partial charge on any atom is 0.137 e. The summed E-state index contributed by atoms with van der Waals surface area (Å²) in [5.41, 5.74) is 3.92. The number of fused-ring (bicyclic) bond motifs is 1. The summed E-state index contributed by atoms with van der Waals surface area (Å²) in [5, 5.41) is 2.46. The minimum atomic E-state index is 0.487. The van der Waals surface area contributed by atoms with Crippen LogP contribution in [0.4, 0.5) is 0 Å². The molecule has 0 bridgehead atoms. The van der Waals surface area contributed by atoms with Crippen molar-refractivity contribution in [1.29, 1.82) is 0 Å². The predicted molar refractivity (Wildman–Crippen MR) is 102 cm³/mol. The Morgan fingerprint density at radius 3 is 2.52 bits per heavy atom. The SMILES string of the molecule is COc1cccc(-c2ccc3cc(-c4cccnc4)nc(Cl)c3c2)c1. The summed E-state index contributed by atoms with van der Waals surface area (Å²) in [6.07, 6.45) is 3.53. The molecule has 0 aliphatic carbocycles. The summed E-state index contributed by atoms with van der Waals surface area (Å²) in [7, 11) is 1.67. The van der Waals surface area contributed by atoms with Crippen LogP contribution in [0.1, 0.15) is 0 Å². The lowest BCUT2D eigenvalue weighted by atomic mass is 10.0. The van der Waals surface area contributed by atoms with E-state index in [0.29, 0.717) is 5.15 Å². The minimum absolute atomic E-state index is 0.487. The minimum Gasteiger partial charge on any atom is -0.497 e. The lowest BCUT2D eigenvalue weighted by molar-refractivity contribution is 0.415. The fourth-order valence-corrected chi connectivity index (χ4v) is 3.11. The molecule has 25 heavy (non-hydrogen) atoms. The molecule has 0 saturated carbocycles. The summed E-state index contributed by atoms with van der Waals surface area (Å²) >= 11 is 6.47. The van der Waals surface area contributed by atoms with Gasteiger partial charge in [-0.05, 0) is 52.9 Å².